The Morgan fingerprint density at radius 3 is 2.61 bits per heavy atom. The van der Waals surface area contributed by atoms with E-state index in [0.717, 1.165) is 5.56 Å². The van der Waals surface area contributed by atoms with Gasteiger partial charge in [-0.2, -0.15) is 0 Å². The van der Waals surface area contributed by atoms with Gasteiger partial charge in [0.25, 0.3) is 5.91 Å². The Labute approximate surface area is 146 Å². The molecule has 1 amide bonds. The number of nitrogens with zero attached hydrogens (tertiary/aromatic N) is 2. The minimum absolute atomic E-state index is 0.120. The summed E-state index contributed by atoms with van der Waals surface area (Å²) in [4.78, 5) is 29.4. The van der Waals surface area contributed by atoms with E-state index >= 15 is 0 Å². The zero-order chi connectivity index (χ0) is 17.1. The van der Waals surface area contributed by atoms with Crippen LogP contribution in [0, 0.1) is 0 Å². The lowest BCUT2D eigenvalue weighted by Crippen LogP contribution is -2.23. The van der Waals surface area contributed by atoms with Crippen LogP contribution in [0.1, 0.15) is 12.5 Å². The first kappa shape index (κ1) is 17.6. The minimum atomic E-state index is -0.437. The molecule has 0 aliphatic carbocycles. The number of amides is 1. The number of esters is 1. The maximum Gasteiger partial charge on any atom is 0.308 e. The molecule has 1 aromatic rings. The largest absolute Gasteiger partial charge is 0.493 e. The molecule has 0 atom stereocenters. The van der Waals surface area contributed by atoms with Crippen molar-refractivity contribution in [1.29, 1.82) is 0 Å². The molecule has 122 valence electrons. The molecule has 0 unspecified atom stereocenters. The highest BCUT2D eigenvalue weighted by atomic mass is 79.9. The smallest absolute Gasteiger partial charge is 0.308 e. The van der Waals surface area contributed by atoms with E-state index in [1.807, 2.05) is 0 Å². The fraction of sp³-hybridized carbons (Fsp3) is 0.267. The van der Waals surface area contributed by atoms with Gasteiger partial charge in [-0.15, -0.1) is 0 Å². The second kappa shape index (κ2) is 7.18. The molecule has 23 heavy (non-hydrogen) atoms. The lowest BCUT2D eigenvalue weighted by Gasteiger charge is -2.10. The summed E-state index contributed by atoms with van der Waals surface area (Å²) in [5.74, 6) is 0.162. The maximum absolute atomic E-state index is 12.2. The summed E-state index contributed by atoms with van der Waals surface area (Å²) in [6.45, 7) is 1.32. The number of likely N-dealkylation sites (N-methyl/N-ethyl adjacent to an activating group) is 1. The van der Waals surface area contributed by atoms with E-state index < -0.39 is 5.97 Å². The molecule has 0 N–H and O–H groups in total. The molecule has 1 aliphatic rings. The van der Waals surface area contributed by atoms with E-state index in [4.69, 9.17) is 9.47 Å². The number of methoxy groups -OCH3 is 1. The summed E-state index contributed by atoms with van der Waals surface area (Å²) >= 11 is 4.72. The highest BCUT2D eigenvalue weighted by Gasteiger charge is 2.30. The van der Waals surface area contributed by atoms with Crippen LogP contribution in [-0.2, 0) is 9.59 Å². The second-order valence-electron chi connectivity index (χ2n) is 4.60. The molecular formula is C15H15BrN2O4S. The lowest BCUT2D eigenvalue weighted by atomic mass is 10.2. The Bertz CT molecular complexity index is 730. The molecule has 0 spiro atoms. The lowest BCUT2D eigenvalue weighted by molar-refractivity contribution is -0.132. The van der Waals surface area contributed by atoms with E-state index in [-0.39, 0.29) is 5.91 Å². The number of halogens is 1. The van der Waals surface area contributed by atoms with Crippen molar-refractivity contribution in [3.63, 3.8) is 0 Å². The van der Waals surface area contributed by atoms with Crippen molar-refractivity contribution in [2.24, 2.45) is 4.99 Å². The Balaban J connectivity index is 2.43. The van der Waals surface area contributed by atoms with Crippen LogP contribution in [0.25, 0.3) is 6.08 Å². The van der Waals surface area contributed by atoms with Gasteiger partial charge in [-0.05, 0) is 35.5 Å². The third-order valence-corrected chi connectivity index (χ3v) is 4.86. The van der Waals surface area contributed by atoms with Crippen LogP contribution in [0.5, 0.6) is 11.5 Å². The third-order valence-electron chi connectivity index (χ3n) is 3.02. The van der Waals surface area contributed by atoms with Crippen molar-refractivity contribution in [1.82, 2.24) is 4.90 Å². The second-order valence-corrected chi connectivity index (χ2v) is 6.46. The van der Waals surface area contributed by atoms with Crippen molar-refractivity contribution in [3.05, 3.63) is 27.1 Å². The van der Waals surface area contributed by atoms with Gasteiger partial charge in [0.1, 0.15) is 0 Å². The molecule has 8 heteroatoms. The summed E-state index contributed by atoms with van der Waals surface area (Å²) < 4.78 is 11.0. The fourth-order valence-electron chi connectivity index (χ4n) is 1.95. The number of hydrogen-bond acceptors (Lipinski definition) is 6. The molecule has 2 rings (SSSR count). The van der Waals surface area contributed by atoms with Gasteiger partial charge in [-0.1, -0.05) is 15.9 Å². The number of amidine groups is 1. The monoisotopic (exact) mass is 398 g/mol. The Hall–Kier alpha value is -1.80. The molecule has 1 saturated heterocycles. The molecule has 0 aromatic heterocycles. The number of benzene rings is 1. The van der Waals surface area contributed by atoms with Crippen LogP contribution in [-0.4, -0.2) is 43.1 Å². The number of rotatable bonds is 3. The van der Waals surface area contributed by atoms with Crippen molar-refractivity contribution in [2.75, 3.05) is 21.2 Å². The van der Waals surface area contributed by atoms with Crippen LogP contribution in [0.15, 0.2) is 26.5 Å². The normalized spacial score (nSPS) is 18.0. The van der Waals surface area contributed by atoms with Crippen molar-refractivity contribution in [3.8, 4) is 11.5 Å². The van der Waals surface area contributed by atoms with Gasteiger partial charge in [0, 0.05) is 25.5 Å². The molecule has 1 aromatic carbocycles. The van der Waals surface area contributed by atoms with Crippen LogP contribution in [0.4, 0.5) is 0 Å². The van der Waals surface area contributed by atoms with Gasteiger partial charge >= 0.3 is 5.97 Å². The molecule has 1 fully saturated rings. The zero-order valence-electron chi connectivity index (χ0n) is 13.0. The predicted octanol–water partition coefficient (Wildman–Crippen LogP) is 2.91. The molecule has 1 heterocycles. The molecule has 1 aliphatic heterocycles. The van der Waals surface area contributed by atoms with Crippen LogP contribution < -0.4 is 9.47 Å². The fourth-order valence-corrected chi connectivity index (χ4v) is 3.30. The molecule has 6 nitrogen and oxygen atoms in total. The first-order valence-electron chi connectivity index (χ1n) is 6.57. The van der Waals surface area contributed by atoms with Gasteiger partial charge in [-0.25, -0.2) is 0 Å². The summed E-state index contributed by atoms with van der Waals surface area (Å²) in [7, 11) is 4.80. The van der Waals surface area contributed by atoms with E-state index in [9.17, 15) is 9.59 Å². The van der Waals surface area contributed by atoms with E-state index in [1.165, 1.54) is 30.7 Å². The van der Waals surface area contributed by atoms with Gasteiger partial charge in [0.15, 0.2) is 16.7 Å². The standard InChI is InChI=1S/C15H15BrN2O4S/c1-8(19)22-12-7-10(16)9(5-11(12)21-4)6-13-14(20)18(3)15(17-2)23-13/h5-7H,1-4H3/b13-6+,17-15?. The maximum atomic E-state index is 12.2. The van der Waals surface area contributed by atoms with E-state index in [2.05, 4.69) is 20.9 Å². The number of aliphatic imine (C=N–C) groups is 1. The van der Waals surface area contributed by atoms with Crippen LogP contribution in [0.3, 0.4) is 0 Å². The third kappa shape index (κ3) is 3.76. The number of carbonyl (C=O) groups excluding carboxylic acids is 2. The predicted molar refractivity (Wildman–Crippen MR) is 93.7 cm³/mol. The van der Waals surface area contributed by atoms with Gasteiger partial charge in [-0.3, -0.25) is 19.5 Å². The van der Waals surface area contributed by atoms with E-state index in [0.29, 0.717) is 26.0 Å². The van der Waals surface area contributed by atoms with Crippen molar-refractivity contribution < 1.29 is 19.1 Å². The number of thioether (sulfide) groups is 1. The number of hydrogen-bond donors (Lipinski definition) is 0. The SMILES string of the molecule is CN=C1S/C(=C/c2cc(OC)c(OC(C)=O)cc2Br)C(=O)N1C. The average molecular weight is 399 g/mol. The summed E-state index contributed by atoms with van der Waals surface area (Å²) in [5, 5.41) is 0.640. The Morgan fingerprint density at radius 1 is 1.39 bits per heavy atom. The average Bonchev–Trinajstić information content (AvgIpc) is 2.77. The first-order valence-corrected chi connectivity index (χ1v) is 8.18. The highest BCUT2D eigenvalue weighted by molar-refractivity contribution is 9.10. The number of ether oxygens (including phenoxy) is 2. The molecular weight excluding hydrogens is 384 g/mol. The summed E-state index contributed by atoms with van der Waals surface area (Å²) in [5.41, 5.74) is 0.736. The van der Waals surface area contributed by atoms with Crippen molar-refractivity contribution >= 4 is 50.8 Å². The van der Waals surface area contributed by atoms with E-state index in [1.54, 1.807) is 32.3 Å². The van der Waals surface area contributed by atoms with Crippen LogP contribution >= 0.6 is 27.7 Å². The summed E-state index contributed by atoms with van der Waals surface area (Å²) in [6.07, 6.45) is 1.74. The number of carbonyl (C=O) groups is 2. The van der Waals surface area contributed by atoms with Gasteiger partial charge < -0.3 is 9.47 Å². The highest BCUT2D eigenvalue weighted by Crippen LogP contribution is 2.37. The first-order chi connectivity index (χ1) is 10.9. The van der Waals surface area contributed by atoms with Gasteiger partial charge in [0.05, 0.1) is 12.0 Å². The molecule has 0 radical (unpaired) electrons. The quantitative estimate of drug-likeness (QED) is 0.444. The Morgan fingerprint density at radius 2 is 2.09 bits per heavy atom. The van der Waals surface area contributed by atoms with Gasteiger partial charge in [0.2, 0.25) is 0 Å². The van der Waals surface area contributed by atoms with Crippen molar-refractivity contribution in [2.45, 2.75) is 6.92 Å². The molecule has 0 saturated carbocycles. The topological polar surface area (TPSA) is 68.2 Å². The zero-order valence-corrected chi connectivity index (χ0v) is 15.4. The Kier molecular flexibility index (Phi) is 5.48. The summed E-state index contributed by atoms with van der Waals surface area (Å²) in [6, 6.07) is 3.33. The van der Waals surface area contributed by atoms with Crippen LogP contribution in [0.2, 0.25) is 0 Å². The minimum Gasteiger partial charge on any atom is -0.493 e. The molecule has 0 bridgehead atoms.